The lowest BCUT2D eigenvalue weighted by Gasteiger charge is -2.09. The second-order valence-corrected chi connectivity index (χ2v) is 5.39. The molecule has 8 heteroatoms. The highest BCUT2D eigenvalue weighted by molar-refractivity contribution is 6.31. The smallest absolute Gasteiger partial charge is 0.226 e. The first-order valence-electron chi connectivity index (χ1n) is 7.05. The van der Waals surface area contributed by atoms with Crippen molar-refractivity contribution in [3.05, 3.63) is 40.5 Å². The minimum Gasteiger partial charge on any atom is -0.496 e. The van der Waals surface area contributed by atoms with Crippen molar-refractivity contribution in [3.63, 3.8) is 0 Å². The number of nitriles is 1. The van der Waals surface area contributed by atoms with E-state index in [1.54, 1.807) is 19.2 Å². The highest BCUT2D eigenvalue weighted by atomic mass is 35.5. The van der Waals surface area contributed by atoms with E-state index in [9.17, 15) is 9.59 Å². The van der Waals surface area contributed by atoms with Crippen LogP contribution in [0.1, 0.15) is 28.8 Å². The molecule has 0 radical (unpaired) electrons. The van der Waals surface area contributed by atoms with Gasteiger partial charge in [0.1, 0.15) is 23.2 Å². The minimum atomic E-state index is -0.385. The Balaban J connectivity index is 2.02. The maximum absolute atomic E-state index is 12.3. The predicted molar refractivity (Wildman–Crippen MR) is 88.1 cm³/mol. The Morgan fingerprint density at radius 1 is 1.42 bits per heavy atom. The van der Waals surface area contributed by atoms with Crippen LogP contribution in [-0.2, 0) is 11.8 Å². The molecule has 0 aliphatic carbocycles. The molecule has 2 rings (SSSR count). The van der Waals surface area contributed by atoms with Gasteiger partial charge in [-0.05, 0) is 18.2 Å². The van der Waals surface area contributed by atoms with Crippen LogP contribution in [0.3, 0.4) is 0 Å². The van der Waals surface area contributed by atoms with Gasteiger partial charge in [0.2, 0.25) is 5.91 Å². The zero-order chi connectivity index (χ0) is 17.7. The summed E-state index contributed by atoms with van der Waals surface area (Å²) in [6, 6.07) is 6.67. The molecule has 124 valence electrons. The van der Waals surface area contributed by atoms with Gasteiger partial charge in [-0.3, -0.25) is 14.3 Å². The average molecular weight is 347 g/mol. The van der Waals surface area contributed by atoms with Crippen LogP contribution in [0.4, 0.5) is 5.82 Å². The SMILES string of the molecule is COc1ccc(Cl)cc1C(=O)CCC(=O)Nc1c(C#N)cnn1C. The molecule has 1 N–H and O–H groups in total. The van der Waals surface area contributed by atoms with Crippen LogP contribution in [0.5, 0.6) is 5.75 Å². The fraction of sp³-hybridized carbons (Fsp3) is 0.250. The first-order chi connectivity index (χ1) is 11.5. The molecule has 0 bridgehead atoms. The zero-order valence-electron chi connectivity index (χ0n) is 13.2. The van der Waals surface area contributed by atoms with Gasteiger partial charge in [-0.15, -0.1) is 0 Å². The zero-order valence-corrected chi connectivity index (χ0v) is 13.9. The highest BCUT2D eigenvalue weighted by Gasteiger charge is 2.16. The summed E-state index contributed by atoms with van der Waals surface area (Å²) in [6.45, 7) is 0. The van der Waals surface area contributed by atoms with Gasteiger partial charge in [-0.25, -0.2) is 0 Å². The van der Waals surface area contributed by atoms with Crippen molar-refractivity contribution in [1.29, 1.82) is 5.26 Å². The summed E-state index contributed by atoms with van der Waals surface area (Å²) in [7, 11) is 3.07. The number of methoxy groups -OCH3 is 1. The monoisotopic (exact) mass is 346 g/mol. The molecule has 0 aliphatic heterocycles. The number of nitrogens with one attached hydrogen (secondary N) is 1. The Bertz CT molecular complexity index is 823. The number of nitrogens with zero attached hydrogens (tertiary/aromatic N) is 3. The van der Waals surface area contributed by atoms with Crippen molar-refractivity contribution in [2.45, 2.75) is 12.8 Å². The van der Waals surface area contributed by atoms with Crippen molar-refractivity contribution in [1.82, 2.24) is 9.78 Å². The van der Waals surface area contributed by atoms with Gasteiger partial charge >= 0.3 is 0 Å². The molecular weight excluding hydrogens is 332 g/mol. The minimum absolute atomic E-state index is 0.0116. The number of benzene rings is 1. The summed E-state index contributed by atoms with van der Waals surface area (Å²) in [5.41, 5.74) is 0.588. The first-order valence-corrected chi connectivity index (χ1v) is 7.42. The lowest BCUT2D eigenvalue weighted by Crippen LogP contribution is -2.16. The topological polar surface area (TPSA) is 97.0 Å². The van der Waals surface area contributed by atoms with E-state index in [1.165, 1.54) is 24.1 Å². The number of aromatic nitrogens is 2. The molecule has 1 aromatic carbocycles. The van der Waals surface area contributed by atoms with Crippen molar-refractivity contribution >= 4 is 29.1 Å². The van der Waals surface area contributed by atoms with Gasteiger partial charge in [-0.2, -0.15) is 10.4 Å². The fourth-order valence-corrected chi connectivity index (χ4v) is 2.29. The van der Waals surface area contributed by atoms with E-state index in [0.29, 0.717) is 22.2 Å². The van der Waals surface area contributed by atoms with Crippen LogP contribution in [0.2, 0.25) is 5.02 Å². The normalized spacial score (nSPS) is 10.1. The molecule has 24 heavy (non-hydrogen) atoms. The quantitative estimate of drug-likeness (QED) is 0.811. The number of aryl methyl sites for hydroxylation is 1. The Hall–Kier alpha value is -2.85. The molecular formula is C16H15ClN4O3. The molecule has 7 nitrogen and oxygen atoms in total. The summed E-state index contributed by atoms with van der Waals surface area (Å²) in [4.78, 5) is 24.3. The van der Waals surface area contributed by atoms with Crippen molar-refractivity contribution < 1.29 is 14.3 Å². The van der Waals surface area contributed by atoms with E-state index in [4.69, 9.17) is 21.6 Å². The second kappa shape index (κ2) is 7.62. The van der Waals surface area contributed by atoms with Crippen molar-refractivity contribution in [3.8, 4) is 11.8 Å². The van der Waals surface area contributed by atoms with Gasteiger partial charge in [0.25, 0.3) is 0 Å². The van der Waals surface area contributed by atoms with Gasteiger partial charge in [0.05, 0.1) is 18.9 Å². The molecule has 0 fully saturated rings. The van der Waals surface area contributed by atoms with E-state index >= 15 is 0 Å². The number of carbonyl (C=O) groups is 2. The number of hydrogen-bond acceptors (Lipinski definition) is 5. The lowest BCUT2D eigenvalue weighted by molar-refractivity contribution is -0.116. The molecule has 1 heterocycles. The Morgan fingerprint density at radius 2 is 2.17 bits per heavy atom. The van der Waals surface area contributed by atoms with Crippen LogP contribution in [0.15, 0.2) is 24.4 Å². The highest BCUT2D eigenvalue weighted by Crippen LogP contribution is 2.24. The molecule has 0 spiro atoms. The third kappa shape index (κ3) is 3.91. The van der Waals surface area contributed by atoms with Crippen molar-refractivity contribution in [2.75, 3.05) is 12.4 Å². The van der Waals surface area contributed by atoms with Crippen LogP contribution in [0, 0.1) is 11.3 Å². The summed E-state index contributed by atoms with van der Waals surface area (Å²) in [5.74, 6) is 0.0675. The Morgan fingerprint density at radius 3 is 2.83 bits per heavy atom. The maximum Gasteiger partial charge on any atom is 0.226 e. The van der Waals surface area contributed by atoms with E-state index in [0.717, 1.165) is 0 Å². The van der Waals surface area contributed by atoms with E-state index in [1.807, 2.05) is 6.07 Å². The van der Waals surface area contributed by atoms with Crippen LogP contribution >= 0.6 is 11.6 Å². The van der Waals surface area contributed by atoms with Gasteiger partial charge in [-0.1, -0.05) is 11.6 Å². The number of ether oxygens (including phenoxy) is 1. The lowest BCUT2D eigenvalue weighted by atomic mass is 10.1. The molecule has 1 amide bonds. The van der Waals surface area contributed by atoms with E-state index in [2.05, 4.69) is 10.4 Å². The summed E-state index contributed by atoms with van der Waals surface area (Å²) in [6.07, 6.45) is 1.31. The first kappa shape index (κ1) is 17.5. The predicted octanol–water partition coefficient (Wildman–Crippen LogP) is 2.56. The molecule has 0 aliphatic rings. The molecule has 0 saturated carbocycles. The second-order valence-electron chi connectivity index (χ2n) is 4.96. The van der Waals surface area contributed by atoms with Crippen LogP contribution in [0.25, 0.3) is 0 Å². The van der Waals surface area contributed by atoms with Gasteiger partial charge in [0, 0.05) is 24.9 Å². The average Bonchev–Trinajstić information content (AvgIpc) is 2.92. The Labute approximate surface area is 143 Å². The largest absolute Gasteiger partial charge is 0.496 e. The Kier molecular flexibility index (Phi) is 5.55. The summed E-state index contributed by atoms with van der Waals surface area (Å²) >= 11 is 5.90. The molecule has 0 atom stereocenters. The van der Waals surface area contributed by atoms with E-state index in [-0.39, 0.29) is 30.1 Å². The third-order valence-corrected chi connectivity index (χ3v) is 3.59. The van der Waals surface area contributed by atoms with Gasteiger partial charge < -0.3 is 10.1 Å². The number of rotatable bonds is 6. The number of anilines is 1. The number of halogens is 1. The maximum atomic E-state index is 12.3. The fourth-order valence-electron chi connectivity index (χ4n) is 2.12. The number of hydrogen-bond donors (Lipinski definition) is 1. The molecule has 1 aromatic heterocycles. The number of Topliss-reactive ketones (excluding diaryl/α,β-unsaturated/α-hetero) is 1. The van der Waals surface area contributed by atoms with Crippen LogP contribution in [-0.4, -0.2) is 28.6 Å². The third-order valence-electron chi connectivity index (χ3n) is 3.36. The summed E-state index contributed by atoms with van der Waals surface area (Å²) < 4.78 is 6.52. The van der Waals surface area contributed by atoms with Gasteiger partial charge in [0.15, 0.2) is 5.78 Å². The standard InChI is InChI=1S/C16H15ClN4O3/c1-21-16(10(8-18)9-19-21)20-15(23)6-4-13(22)12-7-11(17)3-5-14(12)24-2/h3,5,7,9H,4,6H2,1-2H3,(H,20,23). The van der Waals surface area contributed by atoms with E-state index < -0.39 is 0 Å². The van der Waals surface area contributed by atoms with Crippen molar-refractivity contribution in [2.24, 2.45) is 7.05 Å². The number of amides is 1. The molecule has 2 aromatic rings. The number of carbonyl (C=O) groups excluding carboxylic acids is 2. The molecule has 0 unspecified atom stereocenters. The molecule has 0 saturated heterocycles. The van der Waals surface area contributed by atoms with Crippen LogP contribution < -0.4 is 10.1 Å². The summed E-state index contributed by atoms with van der Waals surface area (Å²) in [5, 5.41) is 15.9. The number of ketones is 1.